The summed E-state index contributed by atoms with van der Waals surface area (Å²) in [4.78, 5) is 32.1. The van der Waals surface area contributed by atoms with E-state index < -0.39 is 5.41 Å². The topological polar surface area (TPSA) is 62.3 Å². The van der Waals surface area contributed by atoms with Gasteiger partial charge in [-0.2, -0.15) is 0 Å². The third-order valence-electron chi connectivity index (χ3n) is 6.29. The average Bonchev–Trinajstić information content (AvgIpc) is 2.85. The standard InChI is InChI=1S/C27H28FN3O2/c1-2-30-26(33)27(14-5-17-31(19-27)25(32)22-12-15-29-16-13-22)18-20-8-10-21(11-9-20)23-6-3-4-7-24(23)28/h3-4,6-13,15-16H,2,5,14,17-19H2,1H3,(H,30,33)/t27-/m0/s1. The second-order valence-corrected chi connectivity index (χ2v) is 8.56. The highest BCUT2D eigenvalue weighted by Gasteiger charge is 2.43. The Bertz CT molecular complexity index is 1120. The van der Waals surface area contributed by atoms with Crippen LogP contribution in [0.2, 0.25) is 0 Å². The van der Waals surface area contributed by atoms with Crippen molar-refractivity contribution >= 4 is 11.8 Å². The van der Waals surface area contributed by atoms with Crippen molar-refractivity contribution < 1.29 is 14.0 Å². The largest absolute Gasteiger partial charge is 0.356 e. The first-order valence-corrected chi connectivity index (χ1v) is 11.3. The number of pyridine rings is 1. The molecule has 2 amide bonds. The zero-order valence-corrected chi connectivity index (χ0v) is 18.8. The minimum Gasteiger partial charge on any atom is -0.356 e. The van der Waals surface area contributed by atoms with Crippen LogP contribution in [-0.4, -0.2) is 41.3 Å². The normalized spacial score (nSPS) is 18.1. The van der Waals surface area contributed by atoms with E-state index in [4.69, 9.17) is 0 Å². The second kappa shape index (κ2) is 9.94. The van der Waals surface area contributed by atoms with E-state index >= 15 is 0 Å². The molecule has 4 rings (SSSR count). The summed E-state index contributed by atoms with van der Waals surface area (Å²) in [5, 5.41) is 2.98. The van der Waals surface area contributed by atoms with Crippen molar-refractivity contribution in [1.82, 2.24) is 15.2 Å². The van der Waals surface area contributed by atoms with Gasteiger partial charge < -0.3 is 10.2 Å². The average molecular weight is 446 g/mol. The highest BCUT2D eigenvalue weighted by Crippen LogP contribution is 2.35. The van der Waals surface area contributed by atoms with Crippen molar-refractivity contribution in [2.45, 2.75) is 26.2 Å². The molecule has 1 saturated heterocycles. The molecule has 1 aliphatic rings. The number of carbonyl (C=O) groups excluding carboxylic acids is 2. The van der Waals surface area contributed by atoms with Gasteiger partial charge in [0.15, 0.2) is 0 Å². The van der Waals surface area contributed by atoms with Gasteiger partial charge in [-0.3, -0.25) is 14.6 Å². The first-order chi connectivity index (χ1) is 16.0. The molecule has 5 nitrogen and oxygen atoms in total. The van der Waals surface area contributed by atoms with Crippen LogP contribution in [-0.2, 0) is 11.2 Å². The molecule has 0 radical (unpaired) electrons. The molecule has 1 atom stereocenters. The Morgan fingerprint density at radius 3 is 2.48 bits per heavy atom. The maximum absolute atomic E-state index is 14.2. The first kappa shape index (κ1) is 22.6. The number of aromatic nitrogens is 1. The molecular weight excluding hydrogens is 417 g/mol. The Hall–Kier alpha value is -3.54. The molecule has 2 aromatic carbocycles. The van der Waals surface area contributed by atoms with E-state index in [1.165, 1.54) is 6.07 Å². The SMILES string of the molecule is CCNC(=O)[C@]1(Cc2ccc(-c3ccccc3F)cc2)CCCN(C(=O)c2ccncc2)C1. The first-order valence-electron chi connectivity index (χ1n) is 11.3. The van der Waals surface area contributed by atoms with Gasteiger partial charge in [0.2, 0.25) is 5.91 Å². The summed E-state index contributed by atoms with van der Waals surface area (Å²) in [7, 11) is 0. The molecule has 0 bridgehead atoms. The predicted octanol–water partition coefficient (Wildman–Crippen LogP) is 4.49. The van der Waals surface area contributed by atoms with Gasteiger partial charge in [0, 0.05) is 43.2 Å². The van der Waals surface area contributed by atoms with Crippen molar-refractivity contribution in [2.24, 2.45) is 5.41 Å². The highest BCUT2D eigenvalue weighted by atomic mass is 19.1. The molecule has 1 aliphatic heterocycles. The quantitative estimate of drug-likeness (QED) is 0.608. The van der Waals surface area contributed by atoms with Crippen LogP contribution in [0.1, 0.15) is 35.7 Å². The third-order valence-corrected chi connectivity index (χ3v) is 6.29. The molecule has 0 spiro atoms. The number of halogens is 1. The molecule has 0 aliphatic carbocycles. The molecule has 1 fully saturated rings. The van der Waals surface area contributed by atoms with Crippen molar-refractivity contribution in [2.75, 3.05) is 19.6 Å². The van der Waals surface area contributed by atoms with E-state index in [1.807, 2.05) is 37.3 Å². The van der Waals surface area contributed by atoms with Gasteiger partial charge in [0.1, 0.15) is 5.82 Å². The fourth-order valence-corrected chi connectivity index (χ4v) is 4.63. The Labute approximate surface area is 193 Å². The lowest BCUT2D eigenvalue weighted by Crippen LogP contribution is -2.54. The molecule has 0 unspecified atom stereocenters. The summed E-state index contributed by atoms with van der Waals surface area (Å²) in [5.74, 6) is -0.377. The Kier molecular flexibility index (Phi) is 6.82. The number of hydrogen-bond donors (Lipinski definition) is 1. The van der Waals surface area contributed by atoms with Gasteiger partial charge in [0.05, 0.1) is 5.41 Å². The fourth-order valence-electron chi connectivity index (χ4n) is 4.63. The number of likely N-dealkylation sites (tertiary alicyclic amines) is 1. The maximum atomic E-state index is 14.2. The van der Waals surface area contributed by atoms with Crippen LogP contribution >= 0.6 is 0 Å². The number of amides is 2. The van der Waals surface area contributed by atoms with Gasteiger partial charge in [-0.15, -0.1) is 0 Å². The van der Waals surface area contributed by atoms with E-state index in [-0.39, 0.29) is 17.6 Å². The fraction of sp³-hybridized carbons (Fsp3) is 0.296. The van der Waals surface area contributed by atoms with Crippen LogP contribution in [0, 0.1) is 11.2 Å². The van der Waals surface area contributed by atoms with Gasteiger partial charge >= 0.3 is 0 Å². The number of hydrogen-bond acceptors (Lipinski definition) is 3. The van der Waals surface area contributed by atoms with Crippen molar-refractivity contribution in [3.05, 3.63) is 90.0 Å². The summed E-state index contributed by atoms with van der Waals surface area (Å²) in [5.41, 5.74) is 2.19. The lowest BCUT2D eigenvalue weighted by molar-refractivity contribution is -0.133. The van der Waals surface area contributed by atoms with E-state index in [0.29, 0.717) is 43.6 Å². The van der Waals surface area contributed by atoms with E-state index in [0.717, 1.165) is 17.5 Å². The lowest BCUT2D eigenvalue weighted by atomic mass is 9.74. The predicted molar refractivity (Wildman–Crippen MR) is 126 cm³/mol. The van der Waals surface area contributed by atoms with E-state index in [1.54, 1.807) is 41.6 Å². The van der Waals surface area contributed by atoms with Crippen LogP contribution in [0.4, 0.5) is 4.39 Å². The van der Waals surface area contributed by atoms with Gasteiger partial charge in [-0.25, -0.2) is 4.39 Å². The van der Waals surface area contributed by atoms with Crippen LogP contribution in [0.5, 0.6) is 0 Å². The number of nitrogens with one attached hydrogen (secondary N) is 1. The highest BCUT2D eigenvalue weighted by molar-refractivity contribution is 5.95. The number of carbonyl (C=O) groups is 2. The summed E-state index contributed by atoms with van der Waals surface area (Å²) in [6.07, 6.45) is 5.17. The molecule has 33 heavy (non-hydrogen) atoms. The van der Waals surface area contributed by atoms with Gasteiger partial charge in [0.25, 0.3) is 5.91 Å². The monoisotopic (exact) mass is 445 g/mol. The molecular formula is C27H28FN3O2. The molecule has 1 N–H and O–H groups in total. The van der Waals surface area contributed by atoms with Crippen LogP contribution in [0.25, 0.3) is 11.1 Å². The Morgan fingerprint density at radius 1 is 1.06 bits per heavy atom. The van der Waals surface area contributed by atoms with E-state index in [9.17, 15) is 14.0 Å². The van der Waals surface area contributed by atoms with Crippen molar-refractivity contribution in [1.29, 1.82) is 0 Å². The Balaban J connectivity index is 1.59. The summed E-state index contributed by atoms with van der Waals surface area (Å²) in [6.45, 7) is 3.41. The second-order valence-electron chi connectivity index (χ2n) is 8.56. The Morgan fingerprint density at radius 2 is 1.79 bits per heavy atom. The third kappa shape index (κ3) is 4.95. The molecule has 170 valence electrons. The maximum Gasteiger partial charge on any atom is 0.253 e. The zero-order valence-electron chi connectivity index (χ0n) is 18.8. The van der Waals surface area contributed by atoms with E-state index in [2.05, 4.69) is 10.3 Å². The molecule has 3 aromatic rings. The number of rotatable bonds is 6. The van der Waals surface area contributed by atoms with Crippen LogP contribution < -0.4 is 5.32 Å². The van der Waals surface area contributed by atoms with Crippen LogP contribution in [0.15, 0.2) is 73.1 Å². The van der Waals surface area contributed by atoms with Crippen molar-refractivity contribution in [3.8, 4) is 11.1 Å². The summed E-state index contributed by atoms with van der Waals surface area (Å²) < 4.78 is 14.2. The minimum absolute atomic E-state index is 0.0320. The van der Waals surface area contributed by atoms with Gasteiger partial charge in [-0.05, 0) is 55.5 Å². The number of piperidine rings is 1. The minimum atomic E-state index is -0.712. The molecule has 6 heteroatoms. The number of nitrogens with zero attached hydrogens (tertiary/aromatic N) is 2. The molecule has 1 aromatic heterocycles. The molecule has 2 heterocycles. The smallest absolute Gasteiger partial charge is 0.253 e. The zero-order chi connectivity index (χ0) is 23.3. The van der Waals surface area contributed by atoms with Crippen LogP contribution in [0.3, 0.4) is 0 Å². The lowest BCUT2D eigenvalue weighted by Gasteiger charge is -2.42. The van der Waals surface area contributed by atoms with Crippen molar-refractivity contribution in [3.63, 3.8) is 0 Å². The van der Waals surface area contributed by atoms with Gasteiger partial charge in [-0.1, -0.05) is 42.5 Å². The number of benzene rings is 2. The summed E-state index contributed by atoms with van der Waals surface area (Å²) in [6, 6.07) is 17.8. The molecule has 0 saturated carbocycles. The summed E-state index contributed by atoms with van der Waals surface area (Å²) >= 11 is 0.